The molecule has 2 aromatic rings. The van der Waals surface area contributed by atoms with Gasteiger partial charge in [0.25, 0.3) is 0 Å². The van der Waals surface area contributed by atoms with Gasteiger partial charge in [-0.1, -0.05) is 23.7 Å². The molecule has 0 radical (unpaired) electrons. The van der Waals surface area contributed by atoms with Gasteiger partial charge >= 0.3 is 6.09 Å². The molecular weight excluding hydrogens is 534 g/mol. The maximum atomic E-state index is 14.6. The fraction of sp³-hybridized carbons (Fsp3) is 0.567. The summed E-state index contributed by atoms with van der Waals surface area (Å²) in [5.74, 6) is -0.909. The van der Waals surface area contributed by atoms with Gasteiger partial charge in [0.2, 0.25) is 11.5 Å². The van der Waals surface area contributed by atoms with Crippen LogP contribution >= 0.6 is 11.6 Å². The van der Waals surface area contributed by atoms with E-state index < -0.39 is 23.2 Å². The van der Waals surface area contributed by atoms with Crippen molar-refractivity contribution < 1.29 is 23.8 Å². The second kappa shape index (κ2) is 12.3. The van der Waals surface area contributed by atoms with Crippen LogP contribution in [0.25, 0.3) is 0 Å². The number of carbonyl (C=O) groups is 2. The Balaban J connectivity index is 1.70. The molecule has 4 rings (SSSR count). The summed E-state index contributed by atoms with van der Waals surface area (Å²) in [6, 6.07) is 9.17. The third kappa shape index (κ3) is 6.87. The van der Waals surface area contributed by atoms with Crippen LogP contribution in [-0.4, -0.2) is 72.3 Å². The molecule has 0 spiro atoms. The summed E-state index contributed by atoms with van der Waals surface area (Å²) in [6.45, 7) is 6.77. The molecule has 218 valence electrons. The van der Waals surface area contributed by atoms with Crippen molar-refractivity contribution in [2.75, 3.05) is 33.9 Å². The zero-order valence-electron chi connectivity index (χ0n) is 24.0. The van der Waals surface area contributed by atoms with E-state index >= 15 is 0 Å². The van der Waals surface area contributed by atoms with Crippen LogP contribution in [0.3, 0.4) is 0 Å². The number of aromatic nitrogens is 1. The van der Waals surface area contributed by atoms with Gasteiger partial charge in [-0.3, -0.25) is 9.59 Å². The van der Waals surface area contributed by atoms with Crippen LogP contribution in [0.5, 0.6) is 0 Å². The third-order valence-corrected chi connectivity index (χ3v) is 7.98. The second-order valence-electron chi connectivity index (χ2n) is 11.6. The minimum Gasteiger partial charge on any atom is -0.444 e. The molecule has 0 bridgehead atoms. The zero-order chi connectivity index (χ0) is 29.1. The number of piperidine rings is 1. The standard InChI is InChI=1S/C30H40ClN3O6/c1-29(2,3)40-28(37)33-14-12-30(39-5,22-10-13-32-26(35)17-22)24(19-33)27(36)34(23-7-8-23)18-21-16-20(11-15-38-4)6-9-25(21)31/h6,9-10,13,16-17,23-24H,7-8,11-12,14-15,18-19H2,1-5H3,(H,32,35). The number of carbonyl (C=O) groups excluding carboxylic acids is 2. The predicted molar refractivity (Wildman–Crippen MR) is 152 cm³/mol. The molecule has 1 saturated carbocycles. The van der Waals surface area contributed by atoms with Crippen LogP contribution in [0, 0.1) is 5.92 Å². The number of likely N-dealkylation sites (tertiary alicyclic amines) is 1. The first-order valence-electron chi connectivity index (χ1n) is 13.8. The summed E-state index contributed by atoms with van der Waals surface area (Å²) in [4.78, 5) is 46.1. The topological polar surface area (TPSA) is 101 Å². The minimum absolute atomic E-state index is 0.0665. The number of ether oxygens (including phenoxy) is 3. The Hall–Kier alpha value is -2.88. The molecule has 2 unspecified atom stereocenters. The summed E-state index contributed by atoms with van der Waals surface area (Å²) >= 11 is 6.61. The zero-order valence-corrected chi connectivity index (χ0v) is 24.8. The number of amides is 2. The molecule has 1 aliphatic heterocycles. The average molecular weight is 574 g/mol. The van der Waals surface area contributed by atoms with Gasteiger partial charge < -0.3 is 29.0 Å². The Morgan fingerprint density at radius 3 is 2.55 bits per heavy atom. The lowest BCUT2D eigenvalue weighted by molar-refractivity contribution is -0.160. The van der Waals surface area contributed by atoms with Crippen molar-refractivity contribution in [2.45, 2.75) is 70.2 Å². The molecule has 1 aromatic heterocycles. The van der Waals surface area contributed by atoms with Gasteiger partial charge in [0.15, 0.2) is 0 Å². The average Bonchev–Trinajstić information content (AvgIpc) is 3.75. The van der Waals surface area contributed by atoms with E-state index in [4.69, 9.17) is 25.8 Å². The number of halogens is 1. The van der Waals surface area contributed by atoms with Crippen molar-refractivity contribution in [3.05, 3.63) is 68.6 Å². The number of methoxy groups -OCH3 is 2. The summed E-state index contributed by atoms with van der Waals surface area (Å²) in [5.41, 5.74) is 0.484. The maximum Gasteiger partial charge on any atom is 0.410 e. The monoisotopic (exact) mass is 573 g/mol. The Kier molecular flexibility index (Phi) is 9.27. The predicted octanol–water partition coefficient (Wildman–Crippen LogP) is 4.51. The van der Waals surface area contributed by atoms with Gasteiger partial charge in [-0.05, 0) is 75.3 Å². The molecule has 1 saturated heterocycles. The first-order chi connectivity index (χ1) is 19.0. The molecule has 2 fully saturated rings. The number of nitrogens with one attached hydrogen (secondary N) is 1. The number of pyridine rings is 1. The summed E-state index contributed by atoms with van der Waals surface area (Å²) in [6.07, 6.45) is 3.92. The van der Waals surface area contributed by atoms with Crippen molar-refractivity contribution in [3.63, 3.8) is 0 Å². The Morgan fingerprint density at radius 1 is 1.18 bits per heavy atom. The van der Waals surface area contributed by atoms with Crippen LogP contribution in [0.4, 0.5) is 4.79 Å². The smallest absolute Gasteiger partial charge is 0.410 e. The van der Waals surface area contributed by atoms with E-state index in [1.165, 1.54) is 6.07 Å². The van der Waals surface area contributed by atoms with Crippen molar-refractivity contribution in [2.24, 2.45) is 5.92 Å². The molecule has 2 heterocycles. The Bertz CT molecular complexity index is 1270. The van der Waals surface area contributed by atoms with Crippen molar-refractivity contribution in [1.29, 1.82) is 0 Å². The quantitative estimate of drug-likeness (QED) is 0.474. The summed E-state index contributed by atoms with van der Waals surface area (Å²) in [7, 11) is 3.22. The first-order valence-corrected chi connectivity index (χ1v) is 14.1. The highest BCUT2D eigenvalue weighted by atomic mass is 35.5. The van der Waals surface area contributed by atoms with Gasteiger partial charge in [-0.25, -0.2) is 4.79 Å². The lowest BCUT2D eigenvalue weighted by Gasteiger charge is -2.47. The molecule has 40 heavy (non-hydrogen) atoms. The molecule has 2 aliphatic rings. The molecule has 1 N–H and O–H groups in total. The van der Waals surface area contributed by atoms with Crippen LogP contribution < -0.4 is 5.56 Å². The number of aromatic amines is 1. The Labute approximate surface area is 240 Å². The molecule has 9 nitrogen and oxygen atoms in total. The molecule has 10 heteroatoms. The summed E-state index contributed by atoms with van der Waals surface area (Å²) < 4.78 is 17.0. The maximum absolute atomic E-state index is 14.6. The molecule has 2 amide bonds. The van der Waals surface area contributed by atoms with E-state index in [9.17, 15) is 14.4 Å². The van der Waals surface area contributed by atoms with Crippen molar-refractivity contribution >= 4 is 23.6 Å². The normalized spacial score (nSPS) is 21.2. The van der Waals surface area contributed by atoms with Gasteiger partial charge in [-0.2, -0.15) is 0 Å². The number of hydrogen-bond acceptors (Lipinski definition) is 6. The van der Waals surface area contributed by atoms with Crippen molar-refractivity contribution in [1.82, 2.24) is 14.8 Å². The van der Waals surface area contributed by atoms with Crippen LogP contribution in [0.15, 0.2) is 41.3 Å². The fourth-order valence-corrected chi connectivity index (χ4v) is 5.58. The van der Waals surface area contributed by atoms with Gasteiger partial charge in [0, 0.05) is 57.2 Å². The Morgan fingerprint density at radius 2 is 1.93 bits per heavy atom. The largest absolute Gasteiger partial charge is 0.444 e. The molecule has 1 aromatic carbocycles. The summed E-state index contributed by atoms with van der Waals surface area (Å²) in [5, 5.41) is 0.589. The lowest BCUT2D eigenvalue weighted by Crippen LogP contribution is -2.58. The highest BCUT2D eigenvalue weighted by Gasteiger charge is 2.52. The van der Waals surface area contributed by atoms with Crippen LogP contribution in [0.1, 0.15) is 56.7 Å². The van der Waals surface area contributed by atoms with E-state index in [0.29, 0.717) is 36.7 Å². The molecule has 1 aliphatic carbocycles. The van der Waals surface area contributed by atoms with E-state index in [0.717, 1.165) is 30.4 Å². The van der Waals surface area contributed by atoms with Crippen LogP contribution in [-0.2, 0) is 37.6 Å². The molecular formula is C30H40ClN3O6. The lowest BCUT2D eigenvalue weighted by atomic mass is 9.75. The van der Waals surface area contributed by atoms with Crippen LogP contribution in [0.2, 0.25) is 5.02 Å². The highest BCUT2D eigenvalue weighted by molar-refractivity contribution is 6.31. The van der Waals surface area contributed by atoms with Gasteiger partial charge in [0.1, 0.15) is 11.2 Å². The van der Waals surface area contributed by atoms with Gasteiger partial charge in [-0.15, -0.1) is 0 Å². The minimum atomic E-state index is -1.10. The SMILES string of the molecule is COCCc1ccc(Cl)c(CN(C(=O)C2CN(C(=O)OC(C)(C)C)CCC2(OC)c2cc[nH]c(=O)c2)C2CC2)c1. The van der Waals surface area contributed by atoms with Gasteiger partial charge in [0.05, 0.1) is 12.5 Å². The number of benzene rings is 1. The number of H-pyrrole nitrogens is 1. The van der Waals surface area contributed by atoms with E-state index in [-0.39, 0.29) is 24.1 Å². The second-order valence-corrected chi connectivity index (χ2v) is 12.0. The third-order valence-electron chi connectivity index (χ3n) is 7.61. The first kappa shape index (κ1) is 30.1. The number of hydrogen-bond donors (Lipinski definition) is 1. The fourth-order valence-electron chi connectivity index (χ4n) is 5.40. The number of rotatable bonds is 9. The van der Waals surface area contributed by atoms with E-state index in [1.807, 2.05) is 43.9 Å². The number of nitrogens with zero attached hydrogens (tertiary/aromatic N) is 2. The van der Waals surface area contributed by atoms with E-state index in [2.05, 4.69) is 4.98 Å². The molecule has 2 atom stereocenters. The van der Waals surface area contributed by atoms with E-state index in [1.54, 1.807) is 31.4 Å². The highest BCUT2D eigenvalue weighted by Crippen LogP contribution is 2.43. The van der Waals surface area contributed by atoms with Crippen molar-refractivity contribution in [3.8, 4) is 0 Å².